The maximum atomic E-state index is 5.49. The van der Waals surface area contributed by atoms with Crippen molar-refractivity contribution in [3.8, 4) is 0 Å². The fourth-order valence-electron chi connectivity index (χ4n) is 1.04. The molecule has 0 heterocycles. The molecule has 1 heteroatoms. The summed E-state index contributed by atoms with van der Waals surface area (Å²) in [5, 5.41) is 0. The SMILES string of the molecule is CCCCCC[C@H](C)CN. The van der Waals surface area contributed by atoms with E-state index in [1.807, 2.05) is 0 Å². The first-order chi connectivity index (χ1) is 4.81. The topological polar surface area (TPSA) is 26.0 Å². The van der Waals surface area contributed by atoms with Crippen molar-refractivity contribution in [2.75, 3.05) is 6.54 Å². The van der Waals surface area contributed by atoms with Crippen molar-refractivity contribution in [2.45, 2.75) is 46.0 Å². The summed E-state index contributed by atoms with van der Waals surface area (Å²) in [5.74, 6) is 0.733. The molecular formula is C9H21N. The Morgan fingerprint density at radius 2 is 1.90 bits per heavy atom. The summed E-state index contributed by atoms with van der Waals surface area (Å²) in [6.45, 7) is 5.32. The van der Waals surface area contributed by atoms with Gasteiger partial charge in [-0.3, -0.25) is 0 Å². The zero-order valence-corrected chi connectivity index (χ0v) is 7.40. The van der Waals surface area contributed by atoms with Gasteiger partial charge in [-0.25, -0.2) is 0 Å². The number of nitrogens with two attached hydrogens (primary N) is 1. The van der Waals surface area contributed by atoms with Crippen LogP contribution in [0.15, 0.2) is 0 Å². The van der Waals surface area contributed by atoms with E-state index in [0.717, 1.165) is 12.5 Å². The molecule has 0 bridgehead atoms. The molecule has 0 rings (SSSR count). The molecule has 0 fully saturated rings. The Bertz CT molecular complexity index is 61.7. The molecule has 0 spiro atoms. The molecule has 1 atom stereocenters. The first-order valence-corrected chi connectivity index (χ1v) is 4.51. The maximum Gasteiger partial charge on any atom is -0.00515 e. The smallest absolute Gasteiger partial charge is 0.00515 e. The van der Waals surface area contributed by atoms with Crippen molar-refractivity contribution in [1.82, 2.24) is 0 Å². The quantitative estimate of drug-likeness (QED) is 0.568. The van der Waals surface area contributed by atoms with Gasteiger partial charge in [0, 0.05) is 0 Å². The van der Waals surface area contributed by atoms with Crippen molar-refractivity contribution < 1.29 is 0 Å². The fraction of sp³-hybridized carbons (Fsp3) is 1.00. The van der Waals surface area contributed by atoms with Crippen LogP contribution in [0.2, 0.25) is 0 Å². The molecule has 62 valence electrons. The highest BCUT2D eigenvalue weighted by Crippen LogP contribution is 2.08. The first kappa shape index (κ1) is 9.96. The Labute approximate surface area is 65.0 Å². The Morgan fingerprint density at radius 1 is 1.20 bits per heavy atom. The van der Waals surface area contributed by atoms with Crippen molar-refractivity contribution in [3.05, 3.63) is 0 Å². The Morgan fingerprint density at radius 3 is 2.40 bits per heavy atom. The standard InChI is InChI=1S/C9H21N/c1-3-4-5-6-7-9(2)8-10/h9H,3-8,10H2,1-2H3/t9-/m0/s1. The predicted molar refractivity (Wildman–Crippen MR) is 47.0 cm³/mol. The third-order valence-electron chi connectivity index (χ3n) is 1.95. The van der Waals surface area contributed by atoms with E-state index in [2.05, 4.69) is 13.8 Å². The van der Waals surface area contributed by atoms with E-state index >= 15 is 0 Å². The second-order valence-corrected chi connectivity index (χ2v) is 3.19. The van der Waals surface area contributed by atoms with Crippen molar-refractivity contribution >= 4 is 0 Å². The Kier molecular flexibility index (Phi) is 7.04. The lowest BCUT2D eigenvalue weighted by Crippen LogP contribution is -2.10. The van der Waals surface area contributed by atoms with Crippen LogP contribution >= 0.6 is 0 Å². The van der Waals surface area contributed by atoms with E-state index in [1.54, 1.807) is 0 Å². The van der Waals surface area contributed by atoms with E-state index in [1.165, 1.54) is 32.1 Å². The summed E-state index contributed by atoms with van der Waals surface area (Å²) < 4.78 is 0. The molecule has 0 saturated carbocycles. The van der Waals surface area contributed by atoms with Gasteiger partial charge >= 0.3 is 0 Å². The highest BCUT2D eigenvalue weighted by molar-refractivity contribution is 4.52. The van der Waals surface area contributed by atoms with Crippen LogP contribution in [0, 0.1) is 5.92 Å². The lowest BCUT2D eigenvalue weighted by Gasteiger charge is -2.06. The molecular weight excluding hydrogens is 122 g/mol. The first-order valence-electron chi connectivity index (χ1n) is 4.51. The molecule has 0 aromatic carbocycles. The normalized spacial score (nSPS) is 13.5. The summed E-state index contributed by atoms with van der Waals surface area (Å²) in [6, 6.07) is 0. The van der Waals surface area contributed by atoms with Gasteiger partial charge in [-0.1, -0.05) is 39.5 Å². The molecule has 2 N–H and O–H groups in total. The van der Waals surface area contributed by atoms with Gasteiger partial charge in [0.1, 0.15) is 0 Å². The minimum Gasteiger partial charge on any atom is -0.330 e. The average Bonchev–Trinajstić information content (AvgIpc) is 1.98. The van der Waals surface area contributed by atoms with Crippen molar-refractivity contribution in [3.63, 3.8) is 0 Å². The number of unbranched alkanes of at least 4 members (excludes halogenated alkanes) is 3. The number of rotatable bonds is 6. The van der Waals surface area contributed by atoms with Crippen LogP contribution in [-0.2, 0) is 0 Å². The zero-order valence-electron chi connectivity index (χ0n) is 7.40. The van der Waals surface area contributed by atoms with Crippen LogP contribution in [0.5, 0.6) is 0 Å². The minimum atomic E-state index is 0.733. The van der Waals surface area contributed by atoms with Gasteiger partial charge in [0.2, 0.25) is 0 Å². The van der Waals surface area contributed by atoms with E-state index in [9.17, 15) is 0 Å². The van der Waals surface area contributed by atoms with Gasteiger partial charge in [0.15, 0.2) is 0 Å². The van der Waals surface area contributed by atoms with Gasteiger partial charge in [-0.2, -0.15) is 0 Å². The van der Waals surface area contributed by atoms with E-state index in [-0.39, 0.29) is 0 Å². The predicted octanol–water partition coefficient (Wildman–Crippen LogP) is 2.55. The van der Waals surface area contributed by atoms with Crippen LogP contribution in [0.3, 0.4) is 0 Å². The summed E-state index contributed by atoms with van der Waals surface area (Å²) >= 11 is 0. The molecule has 0 saturated heterocycles. The highest BCUT2D eigenvalue weighted by atomic mass is 14.5. The third kappa shape index (κ3) is 6.09. The maximum absolute atomic E-state index is 5.49. The van der Waals surface area contributed by atoms with Gasteiger partial charge < -0.3 is 5.73 Å². The fourth-order valence-corrected chi connectivity index (χ4v) is 1.04. The van der Waals surface area contributed by atoms with Gasteiger partial charge in [-0.15, -0.1) is 0 Å². The van der Waals surface area contributed by atoms with Crippen LogP contribution in [0.1, 0.15) is 46.0 Å². The second-order valence-electron chi connectivity index (χ2n) is 3.19. The molecule has 0 aliphatic heterocycles. The summed E-state index contributed by atoms with van der Waals surface area (Å²) in [7, 11) is 0. The van der Waals surface area contributed by atoms with Crippen LogP contribution < -0.4 is 5.73 Å². The lowest BCUT2D eigenvalue weighted by atomic mass is 10.0. The monoisotopic (exact) mass is 143 g/mol. The average molecular weight is 143 g/mol. The molecule has 0 aromatic rings. The van der Waals surface area contributed by atoms with Gasteiger partial charge in [-0.05, 0) is 18.9 Å². The van der Waals surface area contributed by atoms with E-state index < -0.39 is 0 Å². The lowest BCUT2D eigenvalue weighted by molar-refractivity contribution is 0.498. The molecule has 0 amide bonds. The summed E-state index contributed by atoms with van der Waals surface area (Å²) in [4.78, 5) is 0. The summed E-state index contributed by atoms with van der Waals surface area (Å²) in [5.41, 5.74) is 5.49. The molecule has 1 nitrogen and oxygen atoms in total. The van der Waals surface area contributed by atoms with E-state index in [0.29, 0.717) is 0 Å². The number of hydrogen-bond acceptors (Lipinski definition) is 1. The molecule has 10 heavy (non-hydrogen) atoms. The van der Waals surface area contributed by atoms with E-state index in [4.69, 9.17) is 5.73 Å². The van der Waals surface area contributed by atoms with Crippen molar-refractivity contribution in [1.29, 1.82) is 0 Å². The number of hydrogen-bond donors (Lipinski definition) is 1. The van der Waals surface area contributed by atoms with Gasteiger partial charge in [0.05, 0.1) is 0 Å². The van der Waals surface area contributed by atoms with Crippen LogP contribution in [-0.4, -0.2) is 6.54 Å². The highest BCUT2D eigenvalue weighted by Gasteiger charge is 1.96. The largest absolute Gasteiger partial charge is 0.330 e. The van der Waals surface area contributed by atoms with Gasteiger partial charge in [0.25, 0.3) is 0 Å². The molecule has 0 radical (unpaired) electrons. The second kappa shape index (κ2) is 7.07. The zero-order chi connectivity index (χ0) is 7.82. The third-order valence-corrected chi connectivity index (χ3v) is 1.95. The summed E-state index contributed by atoms with van der Waals surface area (Å²) in [6.07, 6.45) is 6.79. The minimum absolute atomic E-state index is 0.733. The molecule has 0 unspecified atom stereocenters. The Balaban J connectivity index is 2.89. The Hall–Kier alpha value is -0.0400. The molecule has 0 aromatic heterocycles. The van der Waals surface area contributed by atoms with Crippen molar-refractivity contribution in [2.24, 2.45) is 11.7 Å². The molecule has 0 aliphatic rings. The van der Waals surface area contributed by atoms with Crippen LogP contribution in [0.25, 0.3) is 0 Å². The molecule has 0 aliphatic carbocycles. The van der Waals surface area contributed by atoms with Crippen LogP contribution in [0.4, 0.5) is 0 Å².